The SMILES string of the molecule is CCCC(C)(O)CNS(=O)(=O)c1cnc(C)s1. The first kappa shape index (κ1) is 14.6. The van der Waals surface area contributed by atoms with Crippen molar-refractivity contribution in [2.45, 2.75) is 43.4 Å². The number of aryl methyl sites for hydroxylation is 1. The third-order valence-corrected chi connectivity index (χ3v) is 5.07. The quantitative estimate of drug-likeness (QED) is 0.821. The fraction of sp³-hybridized carbons (Fsp3) is 0.700. The highest BCUT2D eigenvalue weighted by atomic mass is 32.2. The molecule has 1 unspecified atom stereocenters. The molecule has 2 N–H and O–H groups in total. The van der Waals surface area contributed by atoms with Gasteiger partial charge in [0.1, 0.15) is 0 Å². The summed E-state index contributed by atoms with van der Waals surface area (Å²) >= 11 is 1.12. The first-order valence-corrected chi connectivity index (χ1v) is 7.71. The predicted octanol–water partition coefficient (Wildman–Crippen LogP) is 1.28. The molecule has 1 rings (SSSR count). The highest BCUT2D eigenvalue weighted by Crippen LogP contribution is 2.18. The minimum atomic E-state index is -3.54. The number of aliphatic hydroxyl groups is 1. The Bertz CT molecular complexity index is 466. The van der Waals surface area contributed by atoms with Crippen LogP contribution in [-0.2, 0) is 10.0 Å². The van der Waals surface area contributed by atoms with Crippen molar-refractivity contribution in [3.63, 3.8) is 0 Å². The van der Waals surface area contributed by atoms with Crippen LogP contribution in [0, 0.1) is 6.92 Å². The Morgan fingerprint density at radius 3 is 2.71 bits per heavy atom. The number of hydrogen-bond donors (Lipinski definition) is 2. The number of aromatic nitrogens is 1. The van der Waals surface area contributed by atoms with Crippen molar-refractivity contribution < 1.29 is 13.5 Å². The lowest BCUT2D eigenvalue weighted by Gasteiger charge is -2.22. The molecule has 1 atom stereocenters. The summed E-state index contributed by atoms with van der Waals surface area (Å²) in [7, 11) is -3.54. The number of nitrogens with zero attached hydrogens (tertiary/aromatic N) is 1. The third-order valence-electron chi connectivity index (χ3n) is 2.30. The highest BCUT2D eigenvalue weighted by molar-refractivity contribution is 7.91. The first-order chi connectivity index (χ1) is 7.77. The fourth-order valence-electron chi connectivity index (χ4n) is 1.41. The van der Waals surface area contributed by atoms with E-state index in [1.807, 2.05) is 6.92 Å². The smallest absolute Gasteiger partial charge is 0.251 e. The molecular formula is C10H18N2O3S2. The molecule has 0 aliphatic rings. The van der Waals surface area contributed by atoms with Crippen LogP contribution in [0.2, 0.25) is 0 Å². The first-order valence-electron chi connectivity index (χ1n) is 5.41. The van der Waals surface area contributed by atoms with Gasteiger partial charge in [0.25, 0.3) is 10.0 Å². The van der Waals surface area contributed by atoms with Crippen molar-refractivity contribution in [2.75, 3.05) is 6.54 Å². The van der Waals surface area contributed by atoms with Gasteiger partial charge in [-0.1, -0.05) is 13.3 Å². The van der Waals surface area contributed by atoms with Crippen LogP contribution < -0.4 is 4.72 Å². The summed E-state index contributed by atoms with van der Waals surface area (Å²) in [6, 6.07) is 0. The average Bonchev–Trinajstić information content (AvgIpc) is 2.63. The van der Waals surface area contributed by atoms with E-state index in [0.717, 1.165) is 17.8 Å². The average molecular weight is 278 g/mol. The molecule has 0 amide bonds. The van der Waals surface area contributed by atoms with Gasteiger partial charge in [-0.15, -0.1) is 11.3 Å². The Labute approximate surface area is 106 Å². The summed E-state index contributed by atoms with van der Waals surface area (Å²) < 4.78 is 26.3. The van der Waals surface area contributed by atoms with E-state index in [1.165, 1.54) is 6.20 Å². The largest absolute Gasteiger partial charge is 0.389 e. The maximum atomic E-state index is 11.8. The molecular weight excluding hydrogens is 260 g/mol. The Morgan fingerprint density at radius 2 is 2.24 bits per heavy atom. The molecule has 1 heterocycles. The van der Waals surface area contributed by atoms with Crippen molar-refractivity contribution in [3.05, 3.63) is 11.2 Å². The molecule has 0 saturated carbocycles. The standard InChI is InChI=1S/C10H18N2O3S2/c1-4-5-10(3,13)7-12-17(14,15)9-6-11-8(2)16-9/h6,12-13H,4-5,7H2,1-3H3. The van der Waals surface area contributed by atoms with Crippen LogP contribution in [0.3, 0.4) is 0 Å². The van der Waals surface area contributed by atoms with Gasteiger partial charge in [-0.05, 0) is 20.3 Å². The monoisotopic (exact) mass is 278 g/mol. The van der Waals surface area contributed by atoms with Gasteiger partial charge in [0.05, 0.1) is 16.8 Å². The van der Waals surface area contributed by atoms with Gasteiger partial charge >= 0.3 is 0 Å². The van der Waals surface area contributed by atoms with E-state index < -0.39 is 15.6 Å². The van der Waals surface area contributed by atoms with Gasteiger partial charge in [-0.3, -0.25) is 0 Å². The summed E-state index contributed by atoms with van der Waals surface area (Å²) in [5.74, 6) is 0. The van der Waals surface area contributed by atoms with E-state index in [2.05, 4.69) is 9.71 Å². The van der Waals surface area contributed by atoms with Crippen molar-refractivity contribution in [2.24, 2.45) is 0 Å². The molecule has 1 aromatic heterocycles. The van der Waals surface area contributed by atoms with Crippen LogP contribution in [0.5, 0.6) is 0 Å². The summed E-state index contributed by atoms with van der Waals surface area (Å²) in [5, 5.41) is 10.6. The topological polar surface area (TPSA) is 79.3 Å². The molecule has 0 spiro atoms. The molecule has 0 aliphatic carbocycles. The van der Waals surface area contributed by atoms with E-state index in [1.54, 1.807) is 13.8 Å². The minimum Gasteiger partial charge on any atom is -0.389 e. The second kappa shape index (κ2) is 5.43. The number of sulfonamides is 1. The lowest BCUT2D eigenvalue weighted by molar-refractivity contribution is 0.0554. The zero-order valence-corrected chi connectivity index (χ0v) is 11.9. The normalized spacial score (nSPS) is 15.8. The van der Waals surface area contributed by atoms with Gasteiger partial charge in [-0.25, -0.2) is 18.1 Å². The fourth-order valence-corrected chi connectivity index (χ4v) is 3.73. The summed E-state index contributed by atoms with van der Waals surface area (Å²) in [5.41, 5.74) is -1.01. The number of rotatable bonds is 6. The molecule has 98 valence electrons. The maximum Gasteiger partial charge on any atom is 0.251 e. The summed E-state index contributed by atoms with van der Waals surface area (Å²) in [4.78, 5) is 3.90. The minimum absolute atomic E-state index is 0.0140. The molecule has 0 saturated heterocycles. The molecule has 1 aromatic rings. The Morgan fingerprint density at radius 1 is 1.59 bits per heavy atom. The van der Waals surface area contributed by atoms with Crippen molar-refractivity contribution >= 4 is 21.4 Å². The Kier molecular flexibility index (Phi) is 4.65. The second-order valence-electron chi connectivity index (χ2n) is 4.27. The van der Waals surface area contributed by atoms with Crippen LogP contribution in [0.4, 0.5) is 0 Å². The molecule has 0 aliphatic heterocycles. The Hall–Kier alpha value is -0.500. The van der Waals surface area contributed by atoms with Crippen LogP contribution in [0.25, 0.3) is 0 Å². The molecule has 5 nitrogen and oxygen atoms in total. The molecule has 17 heavy (non-hydrogen) atoms. The third kappa shape index (κ3) is 4.34. The van der Waals surface area contributed by atoms with Crippen molar-refractivity contribution in [1.29, 1.82) is 0 Å². The number of thiazole rings is 1. The number of nitrogens with one attached hydrogen (secondary N) is 1. The second-order valence-corrected chi connectivity index (χ2v) is 7.50. The predicted molar refractivity (Wildman–Crippen MR) is 67.6 cm³/mol. The zero-order valence-electron chi connectivity index (χ0n) is 10.2. The van der Waals surface area contributed by atoms with E-state index in [9.17, 15) is 13.5 Å². The van der Waals surface area contributed by atoms with Gasteiger partial charge in [0.15, 0.2) is 4.21 Å². The van der Waals surface area contributed by atoms with Crippen LogP contribution in [-0.4, -0.2) is 30.7 Å². The lowest BCUT2D eigenvalue weighted by Crippen LogP contribution is -2.40. The van der Waals surface area contributed by atoms with E-state index >= 15 is 0 Å². The Balaban J connectivity index is 2.69. The van der Waals surface area contributed by atoms with E-state index in [-0.39, 0.29) is 10.8 Å². The molecule has 0 bridgehead atoms. The highest BCUT2D eigenvalue weighted by Gasteiger charge is 2.24. The van der Waals surface area contributed by atoms with E-state index in [4.69, 9.17) is 0 Å². The molecule has 7 heteroatoms. The van der Waals surface area contributed by atoms with Gasteiger partial charge < -0.3 is 5.11 Å². The van der Waals surface area contributed by atoms with Gasteiger partial charge in [-0.2, -0.15) is 0 Å². The van der Waals surface area contributed by atoms with Gasteiger partial charge in [0.2, 0.25) is 0 Å². The van der Waals surface area contributed by atoms with Gasteiger partial charge in [0, 0.05) is 6.54 Å². The number of hydrogen-bond acceptors (Lipinski definition) is 5. The zero-order chi connectivity index (χ0) is 13.1. The van der Waals surface area contributed by atoms with Crippen molar-refractivity contribution in [1.82, 2.24) is 9.71 Å². The molecule has 0 fully saturated rings. The van der Waals surface area contributed by atoms with Crippen molar-refractivity contribution in [3.8, 4) is 0 Å². The van der Waals surface area contributed by atoms with E-state index in [0.29, 0.717) is 11.4 Å². The van der Waals surface area contributed by atoms with Crippen LogP contribution in [0.15, 0.2) is 10.4 Å². The van der Waals surface area contributed by atoms with Crippen LogP contribution in [0.1, 0.15) is 31.7 Å². The summed E-state index contributed by atoms with van der Waals surface area (Å²) in [6.45, 7) is 5.32. The maximum absolute atomic E-state index is 11.8. The molecule has 0 aromatic carbocycles. The molecule has 0 radical (unpaired) electrons. The summed E-state index contributed by atoms with van der Waals surface area (Å²) in [6.07, 6.45) is 2.68. The van der Waals surface area contributed by atoms with Crippen LogP contribution >= 0.6 is 11.3 Å². The lowest BCUT2D eigenvalue weighted by atomic mass is 10.0.